The van der Waals surface area contributed by atoms with Crippen molar-refractivity contribution in [2.24, 2.45) is 5.73 Å². The van der Waals surface area contributed by atoms with E-state index in [1.807, 2.05) is 6.92 Å². The Balaban J connectivity index is 1.59. The Kier molecular flexibility index (Phi) is 12.0. The van der Waals surface area contributed by atoms with Crippen molar-refractivity contribution >= 4 is 11.8 Å². The van der Waals surface area contributed by atoms with Crippen LogP contribution in [0.25, 0.3) is 0 Å². The first-order valence-corrected chi connectivity index (χ1v) is 13.3. The van der Waals surface area contributed by atoms with Crippen LogP contribution >= 0.6 is 0 Å². The van der Waals surface area contributed by atoms with Gasteiger partial charge in [-0.1, -0.05) is 6.92 Å². The summed E-state index contributed by atoms with van der Waals surface area (Å²) >= 11 is 0. The van der Waals surface area contributed by atoms with Crippen molar-refractivity contribution in [2.45, 2.75) is 120 Å². The number of hydrogen-bond acceptors (Lipinski definition) is 14. The molecule has 14 unspecified atom stereocenters. The molecule has 2 amide bonds. The van der Waals surface area contributed by atoms with E-state index in [9.17, 15) is 35.1 Å². The van der Waals surface area contributed by atoms with E-state index in [1.165, 1.54) is 13.8 Å². The average Bonchev–Trinajstić information content (AvgIpc) is 2.89. The monoisotopic (exact) mass is 581 g/mol. The number of aliphatic hydroxyl groups excluding tert-OH is 5. The summed E-state index contributed by atoms with van der Waals surface area (Å²) in [5.41, 5.74) is 5.94. The highest BCUT2D eigenvalue weighted by molar-refractivity contribution is 5.73. The predicted octanol–water partition coefficient (Wildman–Crippen LogP) is -4.22. The van der Waals surface area contributed by atoms with E-state index in [2.05, 4.69) is 10.6 Å². The van der Waals surface area contributed by atoms with Gasteiger partial charge in [-0.3, -0.25) is 9.59 Å². The first kappa shape index (κ1) is 33.0. The van der Waals surface area contributed by atoms with Crippen molar-refractivity contribution in [1.82, 2.24) is 10.6 Å². The van der Waals surface area contributed by atoms with Crippen molar-refractivity contribution in [2.75, 3.05) is 19.8 Å². The zero-order valence-corrected chi connectivity index (χ0v) is 23.0. The zero-order valence-electron chi connectivity index (χ0n) is 23.0. The molecule has 0 saturated carbocycles. The predicted molar refractivity (Wildman–Crippen MR) is 133 cm³/mol. The maximum atomic E-state index is 11.7. The number of amides is 2. The number of aliphatic hydroxyl groups is 5. The zero-order chi connectivity index (χ0) is 29.7. The van der Waals surface area contributed by atoms with Crippen molar-refractivity contribution in [3.63, 3.8) is 0 Å². The highest BCUT2D eigenvalue weighted by Gasteiger charge is 2.49. The minimum Gasteiger partial charge on any atom is -0.389 e. The van der Waals surface area contributed by atoms with E-state index in [4.69, 9.17) is 34.2 Å². The second kappa shape index (κ2) is 14.6. The summed E-state index contributed by atoms with van der Waals surface area (Å²) in [6, 6.07) is -2.19. The molecular formula is C24H43N3O13. The van der Waals surface area contributed by atoms with Gasteiger partial charge in [0.1, 0.15) is 42.7 Å². The molecule has 9 N–H and O–H groups in total. The van der Waals surface area contributed by atoms with Crippen LogP contribution < -0.4 is 16.4 Å². The van der Waals surface area contributed by atoms with Gasteiger partial charge in [0, 0.05) is 13.8 Å². The number of carbonyl (C=O) groups excluding carboxylic acids is 2. The lowest BCUT2D eigenvalue weighted by Gasteiger charge is -2.46. The lowest BCUT2D eigenvalue weighted by atomic mass is 9.95. The molecule has 3 fully saturated rings. The van der Waals surface area contributed by atoms with Gasteiger partial charge in [0.05, 0.1) is 44.1 Å². The van der Waals surface area contributed by atoms with Crippen LogP contribution in [0.1, 0.15) is 34.1 Å². The molecule has 3 rings (SSSR count). The molecule has 232 valence electrons. The van der Waals surface area contributed by atoms with Gasteiger partial charge in [-0.15, -0.1) is 0 Å². The van der Waals surface area contributed by atoms with E-state index in [1.54, 1.807) is 6.92 Å². The van der Waals surface area contributed by atoms with Gasteiger partial charge in [0.15, 0.2) is 18.9 Å². The Labute approximate surface area is 232 Å². The summed E-state index contributed by atoms with van der Waals surface area (Å²) in [6.07, 6.45) is -13.7. The topological polar surface area (TPSA) is 241 Å². The quantitative estimate of drug-likeness (QED) is 0.122. The molecule has 3 heterocycles. The van der Waals surface area contributed by atoms with Gasteiger partial charge in [-0.05, 0) is 13.3 Å². The van der Waals surface area contributed by atoms with Crippen LogP contribution in [0.3, 0.4) is 0 Å². The van der Waals surface area contributed by atoms with Crippen LogP contribution in [0, 0.1) is 0 Å². The number of rotatable bonds is 10. The second-order valence-corrected chi connectivity index (χ2v) is 10.4. The Morgan fingerprint density at radius 1 is 0.925 bits per heavy atom. The summed E-state index contributed by atoms with van der Waals surface area (Å²) in [7, 11) is 0. The summed E-state index contributed by atoms with van der Waals surface area (Å²) in [5.74, 6) is -0.704. The standard InChI is InChI=1S/C24H43N3O13/c1-5-12(26-10(3)28)6-35-23-20(34)21(13(30)7-36-23)40-24-19(33)17(31)14(8-37-24)39-22-16(27-11(4)29)18(32)15(25)9(2)38-22/h9,12-24,30-34H,5-8,25H2,1-4H3,(H,26,28)(H,27,29). The molecular weight excluding hydrogens is 538 g/mol. The highest BCUT2D eigenvalue weighted by Crippen LogP contribution is 2.28. The maximum Gasteiger partial charge on any atom is 0.217 e. The van der Waals surface area contributed by atoms with Gasteiger partial charge in [0.2, 0.25) is 11.8 Å². The largest absolute Gasteiger partial charge is 0.389 e. The Morgan fingerprint density at radius 3 is 2.23 bits per heavy atom. The van der Waals surface area contributed by atoms with Crippen molar-refractivity contribution in [3.8, 4) is 0 Å². The summed E-state index contributed by atoms with van der Waals surface area (Å²) in [6.45, 7) is 5.55. The van der Waals surface area contributed by atoms with E-state index in [0.29, 0.717) is 6.42 Å². The van der Waals surface area contributed by atoms with Gasteiger partial charge >= 0.3 is 0 Å². The second-order valence-electron chi connectivity index (χ2n) is 10.4. The van der Waals surface area contributed by atoms with E-state index < -0.39 is 85.7 Å². The van der Waals surface area contributed by atoms with Crippen molar-refractivity contribution in [1.29, 1.82) is 0 Å². The Morgan fingerprint density at radius 2 is 1.60 bits per heavy atom. The van der Waals surface area contributed by atoms with Gasteiger partial charge < -0.3 is 70.3 Å². The van der Waals surface area contributed by atoms with E-state index in [0.717, 1.165) is 0 Å². The minimum atomic E-state index is -1.68. The van der Waals surface area contributed by atoms with Crippen molar-refractivity contribution in [3.05, 3.63) is 0 Å². The summed E-state index contributed by atoms with van der Waals surface area (Å²) in [4.78, 5) is 23.0. The van der Waals surface area contributed by atoms with Crippen molar-refractivity contribution < 1.29 is 63.5 Å². The first-order chi connectivity index (χ1) is 18.8. The van der Waals surface area contributed by atoms with E-state index in [-0.39, 0.29) is 31.8 Å². The molecule has 3 aliphatic rings. The molecule has 3 aliphatic heterocycles. The van der Waals surface area contributed by atoms with E-state index >= 15 is 0 Å². The number of nitrogens with two attached hydrogens (primary N) is 1. The van der Waals surface area contributed by atoms with Crippen LogP contribution in [-0.2, 0) is 38.0 Å². The third-order valence-electron chi connectivity index (χ3n) is 7.14. The highest BCUT2D eigenvalue weighted by atomic mass is 16.7. The lowest BCUT2D eigenvalue weighted by molar-refractivity contribution is -0.348. The SMILES string of the molecule is CCC(COC1OCC(O)C(OC2OCC(OC3OC(C)C(N)C(O)C3NC(C)=O)C(O)C2O)C1O)NC(C)=O. The molecule has 0 aromatic carbocycles. The first-order valence-electron chi connectivity index (χ1n) is 13.3. The van der Waals surface area contributed by atoms with Crippen LogP contribution in [0.5, 0.6) is 0 Å². The number of hydrogen-bond donors (Lipinski definition) is 8. The summed E-state index contributed by atoms with van der Waals surface area (Å²) in [5, 5.41) is 58.4. The molecule has 16 nitrogen and oxygen atoms in total. The maximum absolute atomic E-state index is 11.7. The number of ether oxygens (including phenoxy) is 6. The molecule has 0 aromatic rings. The van der Waals surface area contributed by atoms with Crippen LogP contribution in [-0.4, -0.2) is 143 Å². The normalized spacial score (nSPS) is 43.1. The summed E-state index contributed by atoms with van der Waals surface area (Å²) < 4.78 is 33.7. The van der Waals surface area contributed by atoms with Gasteiger partial charge in [0.25, 0.3) is 0 Å². The number of nitrogens with one attached hydrogen (secondary N) is 2. The fourth-order valence-corrected chi connectivity index (χ4v) is 4.75. The smallest absolute Gasteiger partial charge is 0.217 e. The van der Waals surface area contributed by atoms with Crippen LogP contribution in [0.4, 0.5) is 0 Å². The molecule has 14 atom stereocenters. The molecule has 0 bridgehead atoms. The van der Waals surface area contributed by atoms with Gasteiger partial charge in [-0.25, -0.2) is 0 Å². The third-order valence-corrected chi connectivity index (χ3v) is 7.14. The average molecular weight is 582 g/mol. The molecule has 0 aromatic heterocycles. The molecule has 16 heteroatoms. The fraction of sp³-hybridized carbons (Fsp3) is 0.917. The fourth-order valence-electron chi connectivity index (χ4n) is 4.75. The third kappa shape index (κ3) is 8.05. The van der Waals surface area contributed by atoms with Gasteiger partial charge in [-0.2, -0.15) is 0 Å². The molecule has 3 saturated heterocycles. The molecule has 0 spiro atoms. The molecule has 0 radical (unpaired) electrons. The molecule has 0 aliphatic carbocycles. The Bertz CT molecular complexity index is 840. The number of carbonyl (C=O) groups is 2. The Hall–Kier alpha value is -1.54. The molecule has 40 heavy (non-hydrogen) atoms. The lowest BCUT2D eigenvalue weighted by Crippen LogP contribution is -2.67. The van der Waals surface area contributed by atoms with Crippen LogP contribution in [0.15, 0.2) is 0 Å². The van der Waals surface area contributed by atoms with Crippen LogP contribution in [0.2, 0.25) is 0 Å². The minimum absolute atomic E-state index is 0.0296.